The largest absolute Gasteiger partial charge is 0.354 e. The number of hydrogen-bond acceptors (Lipinski definition) is 5. The average molecular weight is 420 g/mol. The number of nitrogens with zero attached hydrogens (tertiary/aromatic N) is 5. The topological polar surface area (TPSA) is 69.6 Å². The first-order valence-corrected chi connectivity index (χ1v) is 11.3. The summed E-state index contributed by atoms with van der Waals surface area (Å²) in [6.07, 6.45) is 7.98. The Balaban J connectivity index is 1.24. The van der Waals surface area contributed by atoms with Crippen LogP contribution in [0, 0.1) is 5.41 Å². The van der Waals surface area contributed by atoms with Crippen LogP contribution in [0.1, 0.15) is 41.7 Å². The van der Waals surface area contributed by atoms with Crippen LogP contribution in [0.2, 0.25) is 0 Å². The molecule has 31 heavy (non-hydrogen) atoms. The Morgan fingerprint density at radius 2 is 1.77 bits per heavy atom. The van der Waals surface area contributed by atoms with Crippen molar-refractivity contribution in [1.29, 1.82) is 0 Å². The van der Waals surface area contributed by atoms with Crippen molar-refractivity contribution in [2.75, 3.05) is 44.2 Å². The zero-order valence-electron chi connectivity index (χ0n) is 17.9. The SMILES string of the molecule is O=C(c1cncc(N2CCC3(CCN(CCc4ccccc4)C3=O)C2)n1)N1CCCC1. The Labute approximate surface area is 183 Å². The molecule has 3 saturated heterocycles. The summed E-state index contributed by atoms with van der Waals surface area (Å²) in [7, 11) is 0. The van der Waals surface area contributed by atoms with Crippen molar-refractivity contribution in [3.8, 4) is 0 Å². The van der Waals surface area contributed by atoms with Crippen molar-refractivity contribution >= 4 is 17.6 Å². The molecule has 4 heterocycles. The van der Waals surface area contributed by atoms with Gasteiger partial charge in [0.1, 0.15) is 11.5 Å². The first-order chi connectivity index (χ1) is 15.1. The molecule has 0 aliphatic carbocycles. The zero-order chi connectivity index (χ0) is 21.3. The monoisotopic (exact) mass is 419 g/mol. The molecule has 3 aliphatic heterocycles. The van der Waals surface area contributed by atoms with E-state index in [0.717, 1.165) is 64.8 Å². The second-order valence-corrected chi connectivity index (χ2v) is 8.99. The first-order valence-electron chi connectivity index (χ1n) is 11.3. The summed E-state index contributed by atoms with van der Waals surface area (Å²) in [5.74, 6) is 0.936. The lowest BCUT2D eigenvalue weighted by Gasteiger charge is -2.24. The molecule has 1 aromatic carbocycles. The minimum atomic E-state index is -0.326. The number of hydrogen-bond donors (Lipinski definition) is 0. The van der Waals surface area contributed by atoms with Crippen LogP contribution in [-0.4, -0.2) is 70.9 Å². The van der Waals surface area contributed by atoms with Gasteiger partial charge in [-0.1, -0.05) is 30.3 Å². The third kappa shape index (κ3) is 3.89. The predicted molar refractivity (Wildman–Crippen MR) is 118 cm³/mol. The van der Waals surface area contributed by atoms with E-state index in [1.807, 2.05) is 28.0 Å². The number of amides is 2. The molecule has 1 atom stereocenters. The predicted octanol–water partition coefficient (Wildman–Crippen LogP) is 2.38. The molecule has 7 nitrogen and oxygen atoms in total. The van der Waals surface area contributed by atoms with Crippen molar-refractivity contribution in [2.45, 2.75) is 32.1 Å². The summed E-state index contributed by atoms with van der Waals surface area (Å²) in [4.78, 5) is 40.9. The van der Waals surface area contributed by atoms with E-state index >= 15 is 0 Å². The van der Waals surface area contributed by atoms with Gasteiger partial charge >= 0.3 is 0 Å². The molecular formula is C24H29N5O2. The van der Waals surface area contributed by atoms with E-state index in [2.05, 4.69) is 27.0 Å². The van der Waals surface area contributed by atoms with E-state index in [1.54, 1.807) is 12.4 Å². The summed E-state index contributed by atoms with van der Waals surface area (Å²) in [6.45, 7) is 4.61. The molecular weight excluding hydrogens is 390 g/mol. The molecule has 0 N–H and O–H groups in total. The van der Waals surface area contributed by atoms with Crippen molar-refractivity contribution < 1.29 is 9.59 Å². The van der Waals surface area contributed by atoms with E-state index in [-0.39, 0.29) is 17.2 Å². The summed E-state index contributed by atoms with van der Waals surface area (Å²) in [5, 5.41) is 0. The third-order valence-corrected chi connectivity index (χ3v) is 7.03. The van der Waals surface area contributed by atoms with Gasteiger partial charge in [-0.25, -0.2) is 4.98 Å². The highest BCUT2D eigenvalue weighted by molar-refractivity contribution is 5.92. The number of carbonyl (C=O) groups is 2. The molecule has 3 aliphatic rings. The standard InChI is InChI=1S/C24H29N5O2/c30-22(27-11-4-5-12-27)20-16-25-17-21(26-20)29-15-10-24(18-29)9-14-28(23(24)31)13-8-19-6-2-1-3-7-19/h1-3,6-7,16-17H,4-5,8-15,18H2. The van der Waals surface area contributed by atoms with Crippen LogP contribution < -0.4 is 4.90 Å². The molecule has 5 rings (SSSR count). The number of benzene rings is 1. The Bertz CT molecular complexity index is 959. The van der Waals surface area contributed by atoms with Crippen molar-refractivity contribution in [2.24, 2.45) is 5.41 Å². The van der Waals surface area contributed by atoms with Gasteiger partial charge in [0.15, 0.2) is 0 Å². The third-order valence-electron chi connectivity index (χ3n) is 7.03. The van der Waals surface area contributed by atoms with Crippen LogP contribution in [0.5, 0.6) is 0 Å². The highest BCUT2D eigenvalue weighted by atomic mass is 16.2. The first kappa shape index (κ1) is 20.0. The lowest BCUT2D eigenvalue weighted by Crippen LogP contribution is -2.38. The number of aromatic nitrogens is 2. The highest BCUT2D eigenvalue weighted by Crippen LogP contribution is 2.41. The van der Waals surface area contributed by atoms with Gasteiger partial charge in [-0.3, -0.25) is 14.6 Å². The van der Waals surface area contributed by atoms with Crippen LogP contribution in [0.3, 0.4) is 0 Å². The van der Waals surface area contributed by atoms with Crippen LogP contribution in [0.4, 0.5) is 5.82 Å². The molecule has 7 heteroatoms. The van der Waals surface area contributed by atoms with Crippen molar-refractivity contribution in [1.82, 2.24) is 19.8 Å². The Kier molecular flexibility index (Phi) is 5.34. The normalized spacial score (nSPS) is 23.4. The summed E-state index contributed by atoms with van der Waals surface area (Å²) >= 11 is 0. The molecule has 3 fully saturated rings. The Hall–Kier alpha value is -2.96. The van der Waals surface area contributed by atoms with Gasteiger partial charge in [-0.15, -0.1) is 0 Å². The molecule has 0 bridgehead atoms. The second-order valence-electron chi connectivity index (χ2n) is 8.99. The number of carbonyl (C=O) groups excluding carboxylic acids is 2. The fourth-order valence-electron chi connectivity index (χ4n) is 5.15. The fourth-order valence-corrected chi connectivity index (χ4v) is 5.15. The van der Waals surface area contributed by atoms with E-state index < -0.39 is 0 Å². The molecule has 162 valence electrons. The summed E-state index contributed by atoms with van der Waals surface area (Å²) in [6, 6.07) is 10.3. The lowest BCUT2D eigenvalue weighted by molar-refractivity contribution is -0.135. The van der Waals surface area contributed by atoms with Crippen LogP contribution in [0.15, 0.2) is 42.7 Å². The maximum Gasteiger partial charge on any atom is 0.274 e. The number of rotatable bonds is 5. The van der Waals surface area contributed by atoms with E-state index in [4.69, 9.17) is 0 Å². The van der Waals surface area contributed by atoms with Crippen LogP contribution >= 0.6 is 0 Å². The van der Waals surface area contributed by atoms with E-state index in [9.17, 15) is 9.59 Å². The Morgan fingerprint density at radius 3 is 2.58 bits per heavy atom. The van der Waals surface area contributed by atoms with Crippen molar-refractivity contribution in [3.63, 3.8) is 0 Å². The maximum absolute atomic E-state index is 13.3. The zero-order valence-corrected chi connectivity index (χ0v) is 17.9. The Morgan fingerprint density at radius 1 is 1.00 bits per heavy atom. The van der Waals surface area contributed by atoms with Gasteiger partial charge in [0.25, 0.3) is 5.91 Å². The quantitative estimate of drug-likeness (QED) is 0.744. The fraction of sp³-hybridized carbons (Fsp3) is 0.500. The van der Waals surface area contributed by atoms with Crippen LogP contribution in [0.25, 0.3) is 0 Å². The molecule has 0 radical (unpaired) electrons. The minimum Gasteiger partial charge on any atom is -0.354 e. The van der Waals surface area contributed by atoms with Gasteiger partial charge in [0, 0.05) is 39.3 Å². The minimum absolute atomic E-state index is 0.0372. The molecule has 1 spiro atoms. The average Bonchev–Trinajstić information content (AvgIpc) is 3.56. The van der Waals surface area contributed by atoms with Crippen LogP contribution in [-0.2, 0) is 11.2 Å². The van der Waals surface area contributed by atoms with Gasteiger partial charge in [-0.2, -0.15) is 0 Å². The summed E-state index contributed by atoms with van der Waals surface area (Å²) in [5.41, 5.74) is 1.34. The van der Waals surface area contributed by atoms with E-state index in [0.29, 0.717) is 18.1 Å². The molecule has 0 saturated carbocycles. The highest BCUT2D eigenvalue weighted by Gasteiger charge is 2.50. The molecule has 1 aromatic heterocycles. The van der Waals surface area contributed by atoms with Gasteiger partial charge in [0.2, 0.25) is 5.91 Å². The summed E-state index contributed by atoms with van der Waals surface area (Å²) < 4.78 is 0. The number of likely N-dealkylation sites (tertiary alicyclic amines) is 2. The molecule has 2 amide bonds. The maximum atomic E-state index is 13.3. The van der Waals surface area contributed by atoms with Crippen molar-refractivity contribution in [3.05, 3.63) is 54.0 Å². The molecule has 2 aromatic rings. The van der Waals surface area contributed by atoms with E-state index in [1.165, 1.54) is 5.56 Å². The number of anilines is 1. The molecule has 1 unspecified atom stereocenters. The smallest absolute Gasteiger partial charge is 0.274 e. The second kappa shape index (κ2) is 8.29. The van der Waals surface area contributed by atoms with Gasteiger partial charge in [-0.05, 0) is 37.7 Å². The van der Waals surface area contributed by atoms with Gasteiger partial charge < -0.3 is 14.7 Å². The lowest BCUT2D eigenvalue weighted by atomic mass is 9.85. The van der Waals surface area contributed by atoms with Gasteiger partial charge in [0.05, 0.1) is 17.8 Å².